The number of anilines is 1. The van der Waals surface area contributed by atoms with Gasteiger partial charge in [-0.05, 0) is 6.92 Å². The molecule has 0 saturated carbocycles. The minimum atomic E-state index is -0.908. The molecule has 5 nitrogen and oxygen atoms in total. The Hall–Kier alpha value is -0.880. The summed E-state index contributed by atoms with van der Waals surface area (Å²) in [6.45, 7) is 2.32. The molecule has 0 aromatic carbocycles. The van der Waals surface area contributed by atoms with Gasteiger partial charge in [-0.2, -0.15) is 5.10 Å². The van der Waals surface area contributed by atoms with Gasteiger partial charge >= 0.3 is 0 Å². The van der Waals surface area contributed by atoms with E-state index in [9.17, 15) is 9.00 Å². The fourth-order valence-corrected chi connectivity index (χ4v) is 1.35. The van der Waals surface area contributed by atoms with Crippen LogP contribution < -0.4 is 10.9 Å². The normalized spacial score (nSPS) is 14.6. The van der Waals surface area contributed by atoms with E-state index in [4.69, 9.17) is 11.6 Å². The average Bonchev–Trinajstić information content (AvgIpc) is 2.19. The van der Waals surface area contributed by atoms with Gasteiger partial charge in [-0.3, -0.25) is 9.00 Å². The highest BCUT2D eigenvalue weighted by atomic mass is 35.5. The van der Waals surface area contributed by atoms with Crippen LogP contribution in [0.25, 0.3) is 0 Å². The first-order valence-electron chi connectivity index (χ1n) is 4.31. The Morgan fingerprint density at radius 2 is 2.40 bits per heavy atom. The zero-order valence-electron chi connectivity index (χ0n) is 8.41. The van der Waals surface area contributed by atoms with E-state index in [0.29, 0.717) is 12.2 Å². The van der Waals surface area contributed by atoms with E-state index in [0.717, 1.165) is 0 Å². The first-order valence-corrected chi connectivity index (χ1v) is 6.31. The summed E-state index contributed by atoms with van der Waals surface area (Å²) in [5.41, 5.74) is 0.0182. The van der Waals surface area contributed by atoms with Crippen LogP contribution in [0.1, 0.15) is 6.92 Å². The van der Waals surface area contributed by atoms with E-state index < -0.39 is 16.4 Å². The molecule has 84 valence electrons. The zero-order chi connectivity index (χ0) is 11.4. The molecule has 2 N–H and O–H groups in total. The Labute approximate surface area is 94.7 Å². The molecule has 2 unspecified atom stereocenters. The van der Waals surface area contributed by atoms with Crippen LogP contribution in [0.2, 0.25) is 5.02 Å². The second-order valence-corrected chi connectivity index (χ2v) is 5.30. The summed E-state index contributed by atoms with van der Waals surface area (Å²) in [4.78, 5) is 11.1. The Balaban J connectivity index is 2.70. The summed E-state index contributed by atoms with van der Waals surface area (Å²) in [6, 6.07) is 0. The van der Waals surface area contributed by atoms with Crippen LogP contribution in [0.4, 0.5) is 5.69 Å². The van der Waals surface area contributed by atoms with Crippen molar-refractivity contribution in [1.82, 2.24) is 10.2 Å². The third-order valence-corrected chi connectivity index (χ3v) is 3.62. The van der Waals surface area contributed by atoms with Gasteiger partial charge in [0.25, 0.3) is 5.56 Å². The van der Waals surface area contributed by atoms with E-state index in [-0.39, 0.29) is 10.3 Å². The lowest BCUT2D eigenvalue weighted by molar-refractivity contribution is 0.679. The fraction of sp³-hybridized carbons (Fsp3) is 0.500. The monoisotopic (exact) mass is 249 g/mol. The molecular weight excluding hydrogens is 238 g/mol. The third-order valence-electron chi connectivity index (χ3n) is 1.94. The highest BCUT2D eigenvalue weighted by Gasteiger charge is 2.08. The average molecular weight is 250 g/mol. The Bertz CT molecular complexity index is 421. The quantitative estimate of drug-likeness (QED) is 0.820. The number of rotatable bonds is 4. The highest BCUT2D eigenvalue weighted by molar-refractivity contribution is 7.84. The van der Waals surface area contributed by atoms with Crippen LogP contribution in [0.5, 0.6) is 0 Å². The largest absolute Gasteiger partial charge is 0.381 e. The summed E-state index contributed by atoms with van der Waals surface area (Å²) >= 11 is 5.73. The first-order chi connectivity index (χ1) is 7.02. The van der Waals surface area contributed by atoms with Crippen LogP contribution >= 0.6 is 11.6 Å². The number of nitrogens with one attached hydrogen (secondary N) is 2. The van der Waals surface area contributed by atoms with Crippen molar-refractivity contribution >= 4 is 28.1 Å². The molecule has 0 amide bonds. The van der Waals surface area contributed by atoms with Crippen molar-refractivity contribution in [2.75, 3.05) is 18.1 Å². The number of aromatic nitrogens is 2. The number of nitrogens with zero attached hydrogens (tertiary/aromatic N) is 1. The summed E-state index contributed by atoms with van der Waals surface area (Å²) in [5, 5.41) is 8.80. The van der Waals surface area contributed by atoms with E-state index in [1.807, 2.05) is 6.92 Å². The lowest BCUT2D eigenvalue weighted by Crippen LogP contribution is -2.22. The second-order valence-electron chi connectivity index (χ2n) is 3.12. The van der Waals surface area contributed by atoms with Gasteiger partial charge < -0.3 is 5.32 Å². The molecule has 1 rings (SSSR count). The Morgan fingerprint density at radius 3 is 3.00 bits per heavy atom. The van der Waals surface area contributed by atoms with Crippen molar-refractivity contribution in [3.63, 3.8) is 0 Å². The van der Waals surface area contributed by atoms with Gasteiger partial charge in [-0.1, -0.05) is 11.6 Å². The number of H-pyrrole nitrogens is 1. The van der Waals surface area contributed by atoms with E-state index in [1.165, 1.54) is 6.20 Å². The van der Waals surface area contributed by atoms with Crippen molar-refractivity contribution in [3.8, 4) is 0 Å². The number of hydrogen-bond donors (Lipinski definition) is 2. The van der Waals surface area contributed by atoms with Gasteiger partial charge in [0.2, 0.25) is 0 Å². The maximum Gasteiger partial charge on any atom is 0.285 e. The molecule has 0 radical (unpaired) electrons. The van der Waals surface area contributed by atoms with Crippen molar-refractivity contribution < 1.29 is 4.21 Å². The molecule has 1 aromatic heterocycles. The molecule has 0 fully saturated rings. The topological polar surface area (TPSA) is 74.8 Å². The molecule has 0 spiro atoms. The molecule has 2 atom stereocenters. The lowest BCUT2D eigenvalue weighted by atomic mass is 10.4. The van der Waals surface area contributed by atoms with E-state index in [1.54, 1.807) is 6.26 Å². The van der Waals surface area contributed by atoms with Crippen LogP contribution in [0.3, 0.4) is 0 Å². The minimum absolute atomic E-state index is 0.0136. The number of hydrogen-bond acceptors (Lipinski definition) is 4. The number of halogens is 1. The Kier molecular flexibility index (Phi) is 4.28. The van der Waals surface area contributed by atoms with Gasteiger partial charge in [0.1, 0.15) is 5.02 Å². The van der Waals surface area contributed by atoms with Gasteiger partial charge in [0.15, 0.2) is 0 Å². The van der Waals surface area contributed by atoms with Crippen molar-refractivity contribution in [2.45, 2.75) is 12.2 Å². The molecule has 0 aliphatic rings. The predicted octanol–water partition coefficient (Wildman–Crippen LogP) is 0.602. The van der Waals surface area contributed by atoms with Gasteiger partial charge in [0.05, 0.1) is 11.9 Å². The molecule has 0 aliphatic carbocycles. The van der Waals surface area contributed by atoms with Crippen LogP contribution in [0.15, 0.2) is 11.0 Å². The molecule has 15 heavy (non-hydrogen) atoms. The van der Waals surface area contributed by atoms with Crippen LogP contribution in [-0.2, 0) is 10.8 Å². The zero-order valence-corrected chi connectivity index (χ0v) is 9.98. The van der Waals surface area contributed by atoms with Crippen molar-refractivity contribution in [3.05, 3.63) is 21.6 Å². The molecule has 1 heterocycles. The summed E-state index contributed by atoms with van der Waals surface area (Å²) in [5.74, 6) is 0. The summed E-state index contributed by atoms with van der Waals surface area (Å²) in [7, 11) is -0.908. The Morgan fingerprint density at radius 1 is 1.73 bits per heavy atom. The molecule has 0 bridgehead atoms. The maximum absolute atomic E-state index is 11.1. The standard InChI is InChI=1S/C8H12ClN3O2S/c1-5(15(2)14)3-10-6-4-11-12-8(13)7(6)9/h4-5H,3H2,1-2H3,(H2,10,12,13). The van der Waals surface area contributed by atoms with Crippen LogP contribution in [0, 0.1) is 0 Å². The lowest BCUT2D eigenvalue weighted by Gasteiger charge is -2.11. The second kappa shape index (κ2) is 5.27. The van der Waals surface area contributed by atoms with E-state index >= 15 is 0 Å². The minimum Gasteiger partial charge on any atom is -0.381 e. The molecule has 1 aromatic rings. The van der Waals surface area contributed by atoms with E-state index in [2.05, 4.69) is 15.5 Å². The van der Waals surface area contributed by atoms with Gasteiger partial charge in [0, 0.05) is 28.9 Å². The molecular formula is C8H12ClN3O2S. The maximum atomic E-state index is 11.1. The van der Waals surface area contributed by atoms with Gasteiger partial charge in [-0.25, -0.2) is 5.10 Å². The summed E-state index contributed by atoms with van der Waals surface area (Å²) < 4.78 is 11.1. The SMILES string of the molecule is CC(CNc1cn[nH]c(=O)c1Cl)S(C)=O. The molecule has 7 heteroatoms. The van der Waals surface area contributed by atoms with Crippen molar-refractivity contribution in [2.24, 2.45) is 0 Å². The molecule has 0 aliphatic heterocycles. The van der Waals surface area contributed by atoms with Crippen molar-refractivity contribution in [1.29, 1.82) is 0 Å². The first kappa shape index (κ1) is 12.2. The van der Waals surface area contributed by atoms with Gasteiger partial charge in [-0.15, -0.1) is 0 Å². The number of aromatic amines is 1. The summed E-state index contributed by atoms with van der Waals surface area (Å²) in [6.07, 6.45) is 3.05. The smallest absolute Gasteiger partial charge is 0.285 e. The van der Waals surface area contributed by atoms with Crippen LogP contribution in [-0.4, -0.2) is 32.5 Å². The molecule has 0 saturated heterocycles. The highest BCUT2D eigenvalue weighted by Crippen LogP contribution is 2.14. The third kappa shape index (κ3) is 3.32. The fourth-order valence-electron chi connectivity index (χ4n) is 0.878. The predicted molar refractivity (Wildman–Crippen MR) is 61.9 cm³/mol.